The van der Waals surface area contributed by atoms with Crippen LogP contribution in [-0.4, -0.2) is 89.2 Å². The first-order valence-electron chi connectivity index (χ1n) is 12.8. The molecule has 3 N–H and O–H groups in total. The number of hydrogen-bond donors (Lipinski definition) is 3. The Bertz CT molecular complexity index is 1240. The van der Waals surface area contributed by atoms with Gasteiger partial charge in [-0.1, -0.05) is 0 Å². The smallest absolute Gasteiger partial charge is 0.408 e. The zero-order valence-corrected chi connectivity index (χ0v) is 22.0. The number of halogens is 4. The molecule has 0 spiro atoms. The zero-order chi connectivity index (χ0) is 28.8. The van der Waals surface area contributed by atoms with Crippen molar-refractivity contribution in [3.8, 4) is 5.75 Å². The second kappa shape index (κ2) is 10.4. The van der Waals surface area contributed by atoms with Crippen LogP contribution in [0.1, 0.15) is 27.2 Å². The number of urea groups is 1. The van der Waals surface area contributed by atoms with Gasteiger partial charge in [-0.15, -0.1) is 0 Å². The molecule has 4 aliphatic heterocycles. The largest absolute Gasteiger partial charge is 0.491 e. The number of nitrogens with zero attached hydrogens (tertiary/aromatic N) is 3. The fraction of sp³-hybridized carbons (Fsp3) is 0.560. The van der Waals surface area contributed by atoms with Gasteiger partial charge in [-0.05, 0) is 39.3 Å². The number of rotatable bonds is 6. The Morgan fingerprint density at radius 1 is 1.35 bits per heavy atom. The second-order valence-electron chi connectivity index (χ2n) is 10.4. The van der Waals surface area contributed by atoms with Crippen LogP contribution in [0.3, 0.4) is 0 Å². The average Bonchev–Trinajstić information content (AvgIpc) is 3.45. The fourth-order valence-electron chi connectivity index (χ4n) is 4.96. The van der Waals surface area contributed by atoms with Crippen LogP contribution in [0.15, 0.2) is 41.8 Å². The van der Waals surface area contributed by atoms with Crippen molar-refractivity contribution in [3.63, 3.8) is 0 Å². The third kappa shape index (κ3) is 5.80. The molecule has 218 valence electrons. The molecule has 4 aliphatic rings. The first-order valence-corrected chi connectivity index (χ1v) is 12.8. The molecular formula is C25H30F4N6O5. The van der Waals surface area contributed by atoms with E-state index in [2.05, 4.69) is 15.6 Å². The molecule has 0 radical (unpaired) electrons. The third-order valence-electron chi connectivity index (χ3n) is 6.98. The van der Waals surface area contributed by atoms with E-state index in [1.165, 1.54) is 17.2 Å². The number of amides is 3. The van der Waals surface area contributed by atoms with Crippen LogP contribution in [0.4, 0.5) is 28.2 Å². The van der Waals surface area contributed by atoms with Gasteiger partial charge < -0.3 is 29.7 Å². The van der Waals surface area contributed by atoms with Crippen molar-refractivity contribution in [2.75, 3.05) is 31.6 Å². The number of carbonyl (C=O) groups is 2. The molecule has 5 rings (SSSR count). The Hall–Kier alpha value is -3.59. The van der Waals surface area contributed by atoms with Crippen molar-refractivity contribution < 1.29 is 41.4 Å². The molecule has 40 heavy (non-hydrogen) atoms. The molecular weight excluding hydrogens is 540 g/mol. The Labute approximate surface area is 227 Å². The summed E-state index contributed by atoms with van der Waals surface area (Å²) < 4.78 is 70.8. The van der Waals surface area contributed by atoms with Crippen LogP contribution in [0.25, 0.3) is 0 Å². The summed E-state index contributed by atoms with van der Waals surface area (Å²) >= 11 is 0. The minimum absolute atomic E-state index is 0.126. The van der Waals surface area contributed by atoms with E-state index < -0.39 is 41.8 Å². The summed E-state index contributed by atoms with van der Waals surface area (Å²) in [4.78, 5) is 33.4. The maximum atomic E-state index is 14.9. The van der Waals surface area contributed by atoms with Crippen molar-refractivity contribution in [3.05, 3.63) is 41.8 Å². The van der Waals surface area contributed by atoms with Crippen molar-refractivity contribution in [2.24, 2.45) is 0 Å². The van der Waals surface area contributed by atoms with Gasteiger partial charge in [-0.25, -0.2) is 14.2 Å². The number of allylic oxidation sites excluding steroid dienone is 1. The molecule has 2 saturated heterocycles. The van der Waals surface area contributed by atoms with E-state index in [1.54, 1.807) is 25.2 Å². The highest BCUT2D eigenvalue weighted by molar-refractivity contribution is 5.91. The highest BCUT2D eigenvalue weighted by atomic mass is 19.4. The number of aromatic nitrogens is 1. The summed E-state index contributed by atoms with van der Waals surface area (Å²) in [6, 6.07) is -1.70. The summed E-state index contributed by atoms with van der Waals surface area (Å²) in [5.74, 6) is -2.11. The molecule has 0 aliphatic carbocycles. The van der Waals surface area contributed by atoms with E-state index >= 15 is 0 Å². The van der Waals surface area contributed by atoms with Crippen LogP contribution in [0, 0.1) is 0 Å². The Morgan fingerprint density at radius 2 is 2.12 bits per heavy atom. The van der Waals surface area contributed by atoms with Crippen LogP contribution < -0.4 is 20.7 Å². The average molecular weight is 571 g/mol. The van der Waals surface area contributed by atoms with E-state index in [4.69, 9.17) is 14.2 Å². The Balaban J connectivity index is 1.29. The van der Waals surface area contributed by atoms with Gasteiger partial charge in [0.25, 0.3) is 0 Å². The molecule has 0 aromatic carbocycles. The Morgan fingerprint density at radius 3 is 2.83 bits per heavy atom. The van der Waals surface area contributed by atoms with Crippen molar-refractivity contribution in [1.29, 1.82) is 0 Å². The van der Waals surface area contributed by atoms with Gasteiger partial charge in [0, 0.05) is 25.4 Å². The normalized spacial score (nSPS) is 26.1. The summed E-state index contributed by atoms with van der Waals surface area (Å²) in [7, 11) is 0. The molecule has 0 saturated carbocycles. The second-order valence-corrected chi connectivity index (χ2v) is 10.4. The van der Waals surface area contributed by atoms with Gasteiger partial charge in [0.2, 0.25) is 5.91 Å². The predicted molar refractivity (Wildman–Crippen MR) is 132 cm³/mol. The maximum Gasteiger partial charge on any atom is 0.408 e. The van der Waals surface area contributed by atoms with Crippen LogP contribution >= 0.6 is 0 Å². The highest BCUT2D eigenvalue weighted by Crippen LogP contribution is 2.35. The third-order valence-corrected chi connectivity index (χ3v) is 6.98. The van der Waals surface area contributed by atoms with Crippen molar-refractivity contribution in [1.82, 2.24) is 25.4 Å². The maximum absolute atomic E-state index is 14.9. The molecule has 5 heterocycles. The lowest BCUT2D eigenvalue weighted by Crippen LogP contribution is -2.58. The number of ether oxygens (including phenoxy) is 3. The number of anilines is 1. The van der Waals surface area contributed by atoms with Gasteiger partial charge >= 0.3 is 12.2 Å². The van der Waals surface area contributed by atoms with E-state index in [-0.39, 0.29) is 30.4 Å². The molecule has 15 heteroatoms. The summed E-state index contributed by atoms with van der Waals surface area (Å²) in [5, 5.41) is 7.14. The lowest BCUT2D eigenvalue weighted by molar-refractivity contribution is -0.158. The summed E-state index contributed by atoms with van der Waals surface area (Å²) in [5.41, 5.74) is 0.334. The van der Waals surface area contributed by atoms with E-state index in [0.717, 1.165) is 13.0 Å². The lowest BCUT2D eigenvalue weighted by Gasteiger charge is -2.41. The van der Waals surface area contributed by atoms with Gasteiger partial charge in [0.05, 0.1) is 18.3 Å². The SMILES string of the molecule is C[C@@H](NC(=O)C1NC2=C(C=C1F)N1CC[C@@H](C1)N2C(=O)Nc1cc(OC[C@H]2COC(C)(C)O2)ccn1)C(F)(F)F. The molecule has 1 aromatic heterocycles. The number of fused-ring (bicyclic) bond motifs is 3. The van der Waals surface area contributed by atoms with Crippen LogP contribution in [0.2, 0.25) is 0 Å². The first-order chi connectivity index (χ1) is 18.8. The number of nitrogens with one attached hydrogen (secondary N) is 3. The summed E-state index contributed by atoms with van der Waals surface area (Å²) in [6.07, 6.45) is -1.86. The van der Waals surface area contributed by atoms with Crippen LogP contribution in [-0.2, 0) is 14.3 Å². The van der Waals surface area contributed by atoms with Gasteiger partial charge in [-0.2, -0.15) is 13.2 Å². The zero-order valence-electron chi connectivity index (χ0n) is 22.0. The molecule has 2 bridgehead atoms. The number of pyridine rings is 1. The van der Waals surface area contributed by atoms with E-state index in [0.29, 0.717) is 37.6 Å². The molecule has 3 amide bonds. The lowest BCUT2D eigenvalue weighted by atomic mass is 10.1. The van der Waals surface area contributed by atoms with Gasteiger partial charge in [0.15, 0.2) is 11.8 Å². The van der Waals surface area contributed by atoms with E-state index in [1.807, 2.05) is 4.90 Å². The quantitative estimate of drug-likeness (QED) is 0.447. The Kier molecular flexibility index (Phi) is 7.29. The number of dihydropyridines is 1. The number of carbonyl (C=O) groups excluding carboxylic acids is 2. The molecule has 4 atom stereocenters. The highest BCUT2D eigenvalue weighted by Gasteiger charge is 2.45. The molecule has 2 fully saturated rings. The van der Waals surface area contributed by atoms with Crippen molar-refractivity contribution in [2.45, 2.75) is 63.4 Å². The minimum Gasteiger partial charge on any atom is -0.491 e. The van der Waals surface area contributed by atoms with Crippen molar-refractivity contribution >= 4 is 17.8 Å². The molecule has 1 unspecified atom stereocenters. The van der Waals surface area contributed by atoms with Crippen LogP contribution in [0.5, 0.6) is 5.75 Å². The monoisotopic (exact) mass is 570 g/mol. The van der Waals surface area contributed by atoms with E-state index in [9.17, 15) is 27.2 Å². The molecule has 1 aromatic rings. The molecule has 11 nitrogen and oxygen atoms in total. The van der Waals surface area contributed by atoms with Gasteiger partial charge in [0.1, 0.15) is 42.0 Å². The predicted octanol–water partition coefficient (Wildman–Crippen LogP) is 2.60. The number of alkyl halides is 3. The minimum atomic E-state index is -4.70. The van der Waals surface area contributed by atoms with Gasteiger partial charge in [-0.3, -0.25) is 15.0 Å². The summed E-state index contributed by atoms with van der Waals surface area (Å²) in [6.45, 7) is 5.94. The fourth-order valence-corrected chi connectivity index (χ4v) is 4.96. The standard InChI is InChI=1S/C25H30F4N6O5/c1-13(25(27,28)29)31-22(36)20-17(26)9-18-21(33-20)35(14-5-7-34(18)10-14)23(37)32-19-8-15(4-6-30-19)38-11-16-12-39-24(2,3)40-16/h4,6,8-9,13-14,16,20,33H,5,7,10-12H2,1-3H3,(H,31,36)(H,30,32,37)/t13-,14+,16+,20?/m1/s1. The number of hydrogen-bond acceptors (Lipinski definition) is 8. The topological polar surface area (TPSA) is 117 Å². The first kappa shape index (κ1) is 28.0.